The van der Waals surface area contributed by atoms with Crippen LogP contribution in [0.1, 0.15) is 24.0 Å². The first-order chi connectivity index (χ1) is 13.5. The Hall–Kier alpha value is -1.96. The number of carbonyl (C=O) groups excluding carboxylic acids is 2. The monoisotopic (exact) mass is 388 g/mol. The van der Waals surface area contributed by atoms with E-state index < -0.39 is 0 Å². The molecule has 2 amide bonds. The predicted molar refractivity (Wildman–Crippen MR) is 109 cm³/mol. The van der Waals surface area contributed by atoms with Crippen LogP contribution in [-0.4, -0.2) is 80.1 Å². The van der Waals surface area contributed by atoms with Gasteiger partial charge in [0.1, 0.15) is 0 Å². The van der Waals surface area contributed by atoms with E-state index in [-0.39, 0.29) is 17.9 Å². The summed E-state index contributed by atoms with van der Waals surface area (Å²) in [6, 6.07) is 5.94. The van der Waals surface area contributed by atoms with Crippen molar-refractivity contribution in [2.24, 2.45) is 0 Å². The number of carbonyl (C=O) groups is 2. The van der Waals surface area contributed by atoms with Crippen LogP contribution in [-0.2, 0) is 14.3 Å². The molecule has 2 aliphatic heterocycles. The third-order valence-electron chi connectivity index (χ3n) is 5.63. The van der Waals surface area contributed by atoms with Crippen LogP contribution in [0.5, 0.6) is 0 Å². The Morgan fingerprint density at radius 2 is 1.75 bits per heavy atom. The highest BCUT2D eigenvalue weighted by molar-refractivity contribution is 5.93. The van der Waals surface area contributed by atoms with Gasteiger partial charge in [-0.25, -0.2) is 0 Å². The van der Waals surface area contributed by atoms with Gasteiger partial charge in [0.05, 0.1) is 19.2 Å². The van der Waals surface area contributed by atoms with E-state index in [2.05, 4.69) is 20.4 Å². The molecule has 28 heavy (non-hydrogen) atoms. The van der Waals surface area contributed by atoms with Crippen molar-refractivity contribution >= 4 is 17.5 Å². The molecule has 1 aromatic carbocycles. The highest BCUT2D eigenvalue weighted by atomic mass is 16.5. The van der Waals surface area contributed by atoms with E-state index in [1.54, 1.807) is 0 Å². The van der Waals surface area contributed by atoms with Crippen molar-refractivity contribution in [1.82, 2.24) is 15.1 Å². The number of nitrogens with one attached hydrogen (secondary N) is 2. The van der Waals surface area contributed by atoms with Crippen LogP contribution >= 0.6 is 0 Å². The number of aryl methyl sites for hydroxylation is 1. The molecule has 0 aromatic heterocycles. The van der Waals surface area contributed by atoms with Crippen molar-refractivity contribution in [3.63, 3.8) is 0 Å². The molecule has 0 aliphatic carbocycles. The average Bonchev–Trinajstić information content (AvgIpc) is 3.19. The molecule has 2 fully saturated rings. The molecule has 2 aliphatic rings. The molecule has 7 nitrogen and oxygen atoms in total. The van der Waals surface area contributed by atoms with Gasteiger partial charge in [0.15, 0.2) is 0 Å². The van der Waals surface area contributed by atoms with Crippen molar-refractivity contribution < 1.29 is 14.3 Å². The topological polar surface area (TPSA) is 73.9 Å². The molecule has 2 heterocycles. The predicted octanol–water partition coefficient (Wildman–Crippen LogP) is 1.15. The second-order valence-electron chi connectivity index (χ2n) is 7.79. The molecule has 0 bridgehead atoms. The molecule has 1 aromatic rings. The van der Waals surface area contributed by atoms with E-state index in [0.717, 1.165) is 56.9 Å². The maximum absolute atomic E-state index is 12.4. The number of benzene rings is 1. The molecule has 0 spiro atoms. The number of ether oxygens (including phenoxy) is 1. The summed E-state index contributed by atoms with van der Waals surface area (Å²) in [6.45, 7) is 9.44. The van der Waals surface area contributed by atoms with Gasteiger partial charge < -0.3 is 15.4 Å². The van der Waals surface area contributed by atoms with Crippen molar-refractivity contribution in [1.29, 1.82) is 0 Å². The van der Waals surface area contributed by atoms with Crippen molar-refractivity contribution in [3.05, 3.63) is 29.3 Å². The summed E-state index contributed by atoms with van der Waals surface area (Å²) in [5.74, 6) is 0.0630. The Labute approximate surface area is 167 Å². The van der Waals surface area contributed by atoms with E-state index in [9.17, 15) is 9.59 Å². The van der Waals surface area contributed by atoms with E-state index in [1.165, 1.54) is 5.56 Å². The summed E-state index contributed by atoms with van der Waals surface area (Å²) in [5.41, 5.74) is 3.16. The van der Waals surface area contributed by atoms with Crippen molar-refractivity contribution in [2.75, 3.05) is 57.7 Å². The van der Waals surface area contributed by atoms with Gasteiger partial charge in [-0.1, -0.05) is 12.1 Å². The molecule has 3 rings (SSSR count). The Morgan fingerprint density at radius 1 is 1.07 bits per heavy atom. The number of hydrogen-bond donors (Lipinski definition) is 2. The lowest BCUT2D eigenvalue weighted by atomic mass is 10.1. The average molecular weight is 389 g/mol. The van der Waals surface area contributed by atoms with Crippen LogP contribution in [0.25, 0.3) is 0 Å². The minimum atomic E-state index is 0.0106. The third kappa shape index (κ3) is 6.02. The molecule has 7 heteroatoms. The highest BCUT2D eigenvalue weighted by Gasteiger charge is 2.22. The Balaban J connectivity index is 1.34. The zero-order valence-corrected chi connectivity index (χ0v) is 17.0. The standard InChI is InChI=1S/C21H32N4O3/c1-16-5-3-7-19(17(16)2)23-21(27)15-25-10-8-24(9-11-25)14-20(26)22-13-18-6-4-12-28-18/h3,5,7,18H,4,6,8-15H2,1-2H3,(H,22,26)(H,23,27)/t18-/m0/s1. The fourth-order valence-electron chi connectivity index (χ4n) is 3.68. The lowest BCUT2D eigenvalue weighted by Crippen LogP contribution is -2.51. The van der Waals surface area contributed by atoms with E-state index in [4.69, 9.17) is 4.74 Å². The summed E-state index contributed by atoms with van der Waals surface area (Å²) in [7, 11) is 0. The third-order valence-corrected chi connectivity index (χ3v) is 5.63. The van der Waals surface area contributed by atoms with Gasteiger partial charge in [-0.05, 0) is 43.9 Å². The Kier molecular flexibility index (Phi) is 7.42. The van der Waals surface area contributed by atoms with E-state index in [0.29, 0.717) is 19.6 Å². The molecular weight excluding hydrogens is 356 g/mol. The van der Waals surface area contributed by atoms with Crippen LogP contribution in [0, 0.1) is 13.8 Å². The van der Waals surface area contributed by atoms with Crippen LogP contribution in [0.4, 0.5) is 5.69 Å². The number of nitrogens with zero attached hydrogens (tertiary/aromatic N) is 2. The van der Waals surface area contributed by atoms with Crippen molar-refractivity contribution in [2.45, 2.75) is 32.8 Å². The zero-order chi connectivity index (χ0) is 19.9. The van der Waals surface area contributed by atoms with Crippen LogP contribution in [0.2, 0.25) is 0 Å². The lowest BCUT2D eigenvalue weighted by molar-refractivity contribution is -0.124. The minimum Gasteiger partial charge on any atom is -0.376 e. The van der Waals surface area contributed by atoms with Gasteiger partial charge in [0.2, 0.25) is 11.8 Å². The molecule has 0 unspecified atom stereocenters. The largest absolute Gasteiger partial charge is 0.376 e. The van der Waals surface area contributed by atoms with Crippen LogP contribution < -0.4 is 10.6 Å². The fraction of sp³-hybridized carbons (Fsp3) is 0.619. The summed E-state index contributed by atoms with van der Waals surface area (Å²) >= 11 is 0. The normalized spacial score (nSPS) is 20.9. The minimum absolute atomic E-state index is 0.0106. The van der Waals surface area contributed by atoms with Gasteiger partial charge in [-0.15, -0.1) is 0 Å². The van der Waals surface area contributed by atoms with Crippen LogP contribution in [0.3, 0.4) is 0 Å². The molecule has 0 radical (unpaired) electrons. The molecule has 0 saturated carbocycles. The van der Waals surface area contributed by atoms with Gasteiger partial charge in [-0.2, -0.15) is 0 Å². The highest BCUT2D eigenvalue weighted by Crippen LogP contribution is 2.18. The molecule has 2 saturated heterocycles. The molecule has 1 atom stereocenters. The molecular formula is C21H32N4O3. The fourth-order valence-corrected chi connectivity index (χ4v) is 3.68. The lowest BCUT2D eigenvalue weighted by Gasteiger charge is -2.33. The smallest absolute Gasteiger partial charge is 0.238 e. The molecule has 154 valence electrons. The first-order valence-corrected chi connectivity index (χ1v) is 10.2. The van der Waals surface area contributed by atoms with Gasteiger partial charge in [0, 0.05) is 45.0 Å². The number of amides is 2. The molecule has 2 N–H and O–H groups in total. The number of rotatable bonds is 7. The summed E-state index contributed by atoms with van der Waals surface area (Å²) in [6.07, 6.45) is 2.29. The second kappa shape index (κ2) is 10.0. The summed E-state index contributed by atoms with van der Waals surface area (Å²) in [5, 5.41) is 5.98. The number of hydrogen-bond acceptors (Lipinski definition) is 5. The summed E-state index contributed by atoms with van der Waals surface area (Å²) < 4.78 is 5.53. The first kappa shape index (κ1) is 20.8. The maximum Gasteiger partial charge on any atom is 0.238 e. The van der Waals surface area contributed by atoms with Crippen molar-refractivity contribution in [3.8, 4) is 0 Å². The van der Waals surface area contributed by atoms with E-state index in [1.807, 2.05) is 32.0 Å². The number of piperazine rings is 1. The van der Waals surface area contributed by atoms with Gasteiger partial charge >= 0.3 is 0 Å². The first-order valence-electron chi connectivity index (χ1n) is 10.2. The SMILES string of the molecule is Cc1cccc(NC(=O)CN2CCN(CC(=O)NC[C@@H]3CCCO3)CC2)c1C. The quantitative estimate of drug-likeness (QED) is 0.733. The number of anilines is 1. The summed E-state index contributed by atoms with van der Waals surface area (Å²) in [4.78, 5) is 28.8. The van der Waals surface area contributed by atoms with Gasteiger partial charge in [0.25, 0.3) is 0 Å². The maximum atomic E-state index is 12.4. The van der Waals surface area contributed by atoms with E-state index >= 15 is 0 Å². The Morgan fingerprint density at radius 3 is 2.39 bits per heavy atom. The van der Waals surface area contributed by atoms with Crippen LogP contribution in [0.15, 0.2) is 18.2 Å². The second-order valence-corrected chi connectivity index (χ2v) is 7.79. The Bertz CT molecular complexity index is 680. The van der Waals surface area contributed by atoms with Gasteiger partial charge in [-0.3, -0.25) is 19.4 Å². The zero-order valence-electron chi connectivity index (χ0n) is 17.0.